The molecular weight excluding hydrogens is 606 g/mol. The average Bonchev–Trinajstić information content (AvgIpc) is 3.09. The number of aliphatic hydroxyl groups excluding tert-OH is 1. The lowest BCUT2D eigenvalue weighted by molar-refractivity contribution is -0.134. The van der Waals surface area contributed by atoms with Crippen LogP contribution in [0, 0.1) is 5.92 Å². The lowest BCUT2D eigenvalue weighted by atomic mass is 9.93. The van der Waals surface area contributed by atoms with E-state index in [1.807, 2.05) is 0 Å². The molecule has 0 saturated carbocycles. The molecule has 0 spiro atoms. The normalized spacial score (nSPS) is 14.3. The number of anilines is 1. The van der Waals surface area contributed by atoms with Crippen LogP contribution in [0.1, 0.15) is 35.2 Å². The highest BCUT2D eigenvalue weighted by Crippen LogP contribution is 2.27. The third kappa shape index (κ3) is 8.04. The van der Waals surface area contributed by atoms with Crippen molar-refractivity contribution in [2.24, 2.45) is 5.92 Å². The predicted octanol–water partition coefficient (Wildman–Crippen LogP) is 4.54. The van der Waals surface area contributed by atoms with Gasteiger partial charge in [-0.05, 0) is 91.4 Å². The number of benzene rings is 4. The second-order valence-electron chi connectivity index (χ2n) is 11.2. The fourth-order valence-electron chi connectivity index (χ4n) is 5.40. The highest BCUT2D eigenvalue weighted by Gasteiger charge is 2.31. The Kier molecular flexibility index (Phi) is 10.6. The molecule has 3 N–H and O–H groups in total. The molecule has 0 radical (unpaired) electrons. The molecule has 1 fully saturated rings. The van der Waals surface area contributed by atoms with Crippen molar-refractivity contribution in [1.29, 1.82) is 0 Å². The number of hydrogen-bond donors (Lipinski definition) is 3. The Balaban J connectivity index is 1.34. The quantitative estimate of drug-likeness (QED) is 0.193. The summed E-state index contributed by atoms with van der Waals surface area (Å²) in [6.45, 7) is 1.17. The molecule has 240 valence electrons. The van der Waals surface area contributed by atoms with E-state index >= 15 is 0 Å². The van der Waals surface area contributed by atoms with Crippen molar-refractivity contribution >= 4 is 27.5 Å². The molecule has 1 atom stereocenters. The summed E-state index contributed by atoms with van der Waals surface area (Å²) in [7, 11) is -4.22. The summed E-state index contributed by atoms with van der Waals surface area (Å²) in [6, 6.07) is 28.0. The molecule has 5 rings (SSSR count). The number of likely N-dealkylation sites (tertiary alicyclic amines) is 1. The third-order valence-electron chi connectivity index (χ3n) is 7.97. The van der Waals surface area contributed by atoms with E-state index in [-0.39, 0.29) is 35.1 Å². The SMILES string of the molecule is O=C(NC(Cc1ccc(O)cc1)C(=O)N1CCC(CCO)CC1)c1ccc(S(=O)(=O)N(Oc2ccccc2)c2ccccc2)cc1. The predicted molar refractivity (Wildman–Crippen MR) is 174 cm³/mol. The maximum atomic E-state index is 13.8. The van der Waals surface area contributed by atoms with Crippen molar-refractivity contribution in [2.75, 3.05) is 24.2 Å². The van der Waals surface area contributed by atoms with Gasteiger partial charge in [-0.1, -0.05) is 53.0 Å². The van der Waals surface area contributed by atoms with E-state index < -0.39 is 22.0 Å². The van der Waals surface area contributed by atoms with Gasteiger partial charge in [-0.25, -0.2) is 0 Å². The maximum Gasteiger partial charge on any atom is 0.295 e. The summed E-state index contributed by atoms with van der Waals surface area (Å²) >= 11 is 0. The summed E-state index contributed by atoms with van der Waals surface area (Å²) in [6.07, 6.45) is 2.45. The first kappa shape index (κ1) is 32.5. The molecule has 11 heteroatoms. The number of piperidine rings is 1. The molecule has 1 saturated heterocycles. The van der Waals surface area contributed by atoms with Gasteiger partial charge in [0.1, 0.15) is 11.8 Å². The van der Waals surface area contributed by atoms with Crippen molar-refractivity contribution in [3.63, 3.8) is 0 Å². The van der Waals surface area contributed by atoms with E-state index in [1.54, 1.807) is 77.7 Å². The van der Waals surface area contributed by atoms with Crippen molar-refractivity contribution in [3.8, 4) is 11.5 Å². The molecule has 4 aromatic rings. The fourth-order valence-corrected chi connectivity index (χ4v) is 6.65. The van der Waals surface area contributed by atoms with Crippen molar-refractivity contribution < 1.29 is 33.1 Å². The van der Waals surface area contributed by atoms with Crippen LogP contribution < -0.4 is 14.6 Å². The van der Waals surface area contributed by atoms with Gasteiger partial charge >= 0.3 is 0 Å². The van der Waals surface area contributed by atoms with Gasteiger partial charge in [-0.2, -0.15) is 8.42 Å². The number of nitrogens with zero attached hydrogens (tertiary/aromatic N) is 2. The molecule has 1 aliphatic rings. The number of amides is 2. The molecule has 10 nitrogen and oxygen atoms in total. The van der Waals surface area contributed by atoms with Gasteiger partial charge < -0.3 is 25.3 Å². The molecule has 1 unspecified atom stereocenters. The molecule has 46 heavy (non-hydrogen) atoms. The Bertz CT molecular complexity index is 1690. The van der Waals surface area contributed by atoms with Gasteiger partial charge in [0, 0.05) is 31.7 Å². The van der Waals surface area contributed by atoms with Crippen LogP contribution in [0.4, 0.5) is 5.69 Å². The first-order valence-electron chi connectivity index (χ1n) is 15.2. The largest absolute Gasteiger partial charge is 0.508 e. The van der Waals surface area contributed by atoms with Crippen molar-refractivity contribution in [2.45, 2.75) is 36.6 Å². The molecule has 4 aromatic carbocycles. The van der Waals surface area contributed by atoms with Crippen LogP contribution in [0.15, 0.2) is 114 Å². The number of nitrogens with one attached hydrogen (secondary N) is 1. The number of phenols is 1. The monoisotopic (exact) mass is 643 g/mol. The Labute approximate surface area is 268 Å². The van der Waals surface area contributed by atoms with Crippen molar-refractivity contribution in [1.82, 2.24) is 10.2 Å². The van der Waals surface area contributed by atoms with Crippen LogP contribution in [-0.4, -0.2) is 61.1 Å². The standard InChI is InChI=1S/C35H37N3O7S/c39-24-21-26-19-22-37(23-20-26)35(42)33(25-27-11-15-30(40)16-12-27)36-34(41)28-13-17-32(18-14-28)46(43,44)38(29-7-3-1-4-8-29)45-31-9-5-2-6-10-31/h1-18,26,33,39-40H,19-25H2,(H,36,41). The molecule has 0 aromatic heterocycles. The van der Waals surface area contributed by atoms with E-state index in [0.29, 0.717) is 36.9 Å². The Morgan fingerprint density at radius 3 is 2.09 bits per heavy atom. The lowest BCUT2D eigenvalue weighted by Crippen LogP contribution is -2.51. The second kappa shape index (κ2) is 14.9. The smallest absolute Gasteiger partial charge is 0.295 e. The number of aromatic hydroxyl groups is 1. The molecule has 0 aliphatic carbocycles. The summed E-state index contributed by atoms with van der Waals surface area (Å²) in [4.78, 5) is 34.6. The number of carbonyl (C=O) groups is 2. The number of aliphatic hydroxyl groups is 1. The minimum Gasteiger partial charge on any atom is -0.508 e. The van der Waals surface area contributed by atoms with Gasteiger partial charge in [0.15, 0.2) is 5.75 Å². The maximum absolute atomic E-state index is 13.8. The summed E-state index contributed by atoms with van der Waals surface area (Å²) in [5, 5.41) is 21.8. The van der Waals surface area contributed by atoms with E-state index in [0.717, 1.165) is 22.9 Å². The summed E-state index contributed by atoms with van der Waals surface area (Å²) < 4.78 is 28.4. The van der Waals surface area contributed by atoms with Crippen LogP contribution >= 0.6 is 0 Å². The number of carbonyl (C=O) groups excluding carboxylic acids is 2. The Hall–Kier alpha value is -4.87. The van der Waals surface area contributed by atoms with Crippen LogP contribution in [0.25, 0.3) is 0 Å². The van der Waals surface area contributed by atoms with Crippen LogP contribution in [-0.2, 0) is 21.2 Å². The topological polar surface area (TPSA) is 136 Å². The van der Waals surface area contributed by atoms with Crippen LogP contribution in [0.5, 0.6) is 11.5 Å². The van der Waals surface area contributed by atoms with Crippen LogP contribution in [0.3, 0.4) is 0 Å². The molecule has 2 amide bonds. The van der Waals surface area contributed by atoms with Crippen molar-refractivity contribution in [3.05, 3.63) is 120 Å². The average molecular weight is 644 g/mol. The first-order chi connectivity index (χ1) is 22.2. The minimum atomic E-state index is -4.22. The molecule has 1 aliphatic heterocycles. The zero-order valence-electron chi connectivity index (χ0n) is 25.2. The minimum absolute atomic E-state index is 0.0914. The number of rotatable bonds is 12. The van der Waals surface area contributed by atoms with Gasteiger partial charge in [-0.3, -0.25) is 9.59 Å². The zero-order chi connectivity index (χ0) is 32.5. The van der Waals surface area contributed by atoms with Gasteiger partial charge in [0.05, 0.1) is 10.6 Å². The Morgan fingerprint density at radius 2 is 1.48 bits per heavy atom. The number of phenolic OH excluding ortho intramolecular Hbond substituents is 1. The molecular formula is C35H37N3O7S. The number of sulfonamides is 1. The van der Waals surface area contributed by atoms with E-state index in [2.05, 4.69) is 5.32 Å². The zero-order valence-corrected chi connectivity index (χ0v) is 26.1. The third-order valence-corrected chi connectivity index (χ3v) is 9.56. The fraction of sp³-hybridized carbons (Fsp3) is 0.257. The number of hydrogen-bond acceptors (Lipinski definition) is 7. The van der Waals surface area contributed by atoms with Gasteiger partial charge in [0.25, 0.3) is 15.9 Å². The summed E-state index contributed by atoms with van der Waals surface area (Å²) in [5.41, 5.74) is 1.23. The number of para-hydroxylation sites is 2. The molecule has 1 heterocycles. The highest BCUT2D eigenvalue weighted by molar-refractivity contribution is 7.92. The van der Waals surface area contributed by atoms with E-state index in [9.17, 15) is 28.2 Å². The highest BCUT2D eigenvalue weighted by atomic mass is 32.2. The first-order valence-corrected chi connectivity index (χ1v) is 16.6. The molecule has 0 bridgehead atoms. The van der Waals surface area contributed by atoms with Crippen LogP contribution in [0.2, 0.25) is 0 Å². The van der Waals surface area contributed by atoms with E-state index in [1.165, 1.54) is 36.4 Å². The second-order valence-corrected chi connectivity index (χ2v) is 12.9. The van der Waals surface area contributed by atoms with E-state index in [4.69, 9.17) is 4.84 Å². The van der Waals surface area contributed by atoms with Gasteiger partial charge in [0.2, 0.25) is 5.91 Å². The van der Waals surface area contributed by atoms with Gasteiger partial charge in [-0.15, -0.1) is 0 Å². The summed E-state index contributed by atoms with van der Waals surface area (Å²) in [5.74, 6) is 0.0192. The lowest BCUT2D eigenvalue weighted by Gasteiger charge is -2.34. The Morgan fingerprint density at radius 1 is 0.870 bits per heavy atom.